The molecule has 1 aliphatic heterocycles. The number of aliphatic hydroxyl groups excluding tert-OH is 1. The first-order chi connectivity index (χ1) is 9.51. The van der Waals surface area contributed by atoms with E-state index in [1.54, 1.807) is 15.8 Å². The molecule has 1 saturated heterocycles. The Labute approximate surface area is 117 Å². The lowest BCUT2D eigenvalue weighted by molar-refractivity contribution is 0.0883. The maximum Gasteiger partial charge on any atom is 0.323 e. The standard InChI is InChI=1S/C13H19N5O2/c1-9(2)18-7-10(6-14)12(16-18)15-13(20)17-5-3-4-11(19)8-17/h7,9,11,19H,3-5,8H2,1-2H3,(H,15,16,20). The van der Waals surface area contributed by atoms with E-state index >= 15 is 0 Å². The molecule has 2 N–H and O–H groups in total. The van der Waals surface area contributed by atoms with Gasteiger partial charge in [0, 0.05) is 25.3 Å². The lowest BCUT2D eigenvalue weighted by Gasteiger charge is -2.29. The Bertz CT molecular complexity index is 531. The second kappa shape index (κ2) is 5.92. The Morgan fingerprint density at radius 2 is 2.40 bits per heavy atom. The Morgan fingerprint density at radius 1 is 1.65 bits per heavy atom. The number of nitrogens with zero attached hydrogens (tertiary/aromatic N) is 4. The van der Waals surface area contributed by atoms with Gasteiger partial charge in [0.05, 0.1) is 6.10 Å². The number of rotatable bonds is 2. The summed E-state index contributed by atoms with van der Waals surface area (Å²) < 4.78 is 1.64. The van der Waals surface area contributed by atoms with Crippen molar-refractivity contribution in [2.24, 2.45) is 0 Å². The number of piperidine rings is 1. The maximum atomic E-state index is 12.1. The minimum atomic E-state index is -0.474. The van der Waals surface area contributed by atoms with Crippen molar-refractivity contribution in [3.63, 3.8) is 0 Å². The molecule has 0 aliphatic carbocycles. The summed E-state index contributed by atoms with van der Waals surface area (Å²) in [7, 11) is 0. The monoisotopic (exact) mass is 277 g/mol. The first-order valence-electron chi connectivity index (χ1n) is 6.74. The molecule has 2 amide bonds. The number of aromatic nitrogens is 2. The number of nitriles is 1. The van der Waals surface area contributed by atoms with E-state index in [2.05, 4.69) is 10.4 Å². The zero-order chi connectivity index (χ0) is 14.7. The van der Waals surface area contributed by atoms with Crippen LogP contribution in [0, 0.1) is 11.3 Å². The van der Waals surface area contributed by atoms with Crippen LogP contribution < -0.4 is 5.32 Å². The summed E-state index contributed by atoms with van der Waals surface area (Å²) in [6, 6.07) is 1.81. The fourth-order valence-corrected chi connectivity index (χ4v) is 2.15. The molecule has 1 aromatic rings. The third-order valence-corrected chi connectivity index (χ3v) is 3.29. The first-order valence-corrected chi connectivity index (χ1v) is 6.74. The van der Waals surface area contributed by atoms with Crippen molar-refractivity contribution in [3.05, 3.63) is 11.8 Å². The molecule has 1 aliphatic rings. The molecule has 1 aromatic heterocycles. The molecule has 0 aromatic carbocycles. The van der Waals surface area contributed by atoms with Gasteiger partial charge >= 0.3 is 6.03 Å². The Morgan fingerprint density at radius 3 is 3.00 bits per heavy atom. The van der Waals surface area contributed by atoms with Gasteiger partial charge in [-0.2, -0.15) is 10.4 Å². The van der Waals surface area contributed by atoms with Crippen LogP contribution in [0.25, 0.3) is 0 Å². The van der Waals surface area contributed by atoms with Crippen molar-refractivity contribution in [2.75, 3.05) is 18.4 Å². The quantitative estimate of drug-likeness (QED) is 0.852. The second-order valence-corrected chi connectivity index (χ2v) is 5.25. The molecule has 0 radical (unpaired) electrons. The third kappa shape index (κ3) is 3.08. The minimum absolute atomic E-state index is 0.115. The number of carbonyl (C=O) groups is 1. The molecular formula is C13H19N5O2. The Kier molecular flexibility index (Phi) is 4.25. The van der Waals surface area contributed by atoms with Crippen LogP contribution in [0.15, 0.2) is 6.20 Å². The molecule has 1 fully saturated rings. The summed E-state index contributed by atoms with van der Waals surface area (Å²) in [6.45, 7) is 4.82. The Balaban J connectivity index is 2.09. The number of amides is 2. The smallest absolute Gasteiger partial charge is 0.323 e. The van der Waals surface area contributed by atoms with Gasteiger partial charge in [0.2, 0.25) is 0 Å². The van der Waals surface area contributed by atoms with Crippen LogP contribution in [0.2, 0.25) is 0 Å². The topological polar surface area (TPSA) is 94.2 Å². The van der Waals surface area contributed by atoms with Gasteiger partial charge in [-0.15, -0.1) is 0 Å². The molecule has 0 saturated carbocycles. The highest BCUT2D eigenvalue weighted by atomic mass is 16.3. The van der Waals surface area contributed by atoms with E-state index < -0.39 is 6.10 Å². The van der Waals surface area contributed by atoms with Gasteiger partial charge in [0.1, 0.15) is 11.6 Å². The Hall–Kier alpha value is -2.07. The molecule has 20 heavy (non-hydrogen) atoms. The van der Waals surface area contributed by atoms with Crippen molar-refractivity contribution in [3.8, 4) is 6.07 Å². The highest BCUT2D eigenvalue weighted by Gasteiger charge is 2.23. The fourth-order valence-electron chi connectivity index (χ4n) is 2.15. The van der Waals surface area contributed by atoms with Crippen LogP contribution in [0.5, 0.6) is 0 Å². The number of nitrogens with one attached hydrogen (secondary N) is 1. The van der Waals surface area contributed by atoms with Gasteiger partial charge in [-0.05, 0) is 26.7 Å². The molecular weight excluding hydrogens is 258 g/mol. The number of β-amino-alcohol motifs (C(OH)–C–C–N with tert-alkyl or cyclic N) is 1. The van der Waals surface area contributed by atoms with Crippen molar-refractivity contribution < 1.29 is 9.90 Å². The summed E-state index contributed by atoms with van der Waals surface area (Å²) >= 11 is 0. The highest BCUT2D eigenvalue weighted by molar-refractivity contribution is 5.89. The lowest BCUT2D eigenvalue weighted by Crippen LogP contribution is -2.44. The molecule has 7 nitrogen and oxygen atoms in total. The van der Waals surface area contributed by atoms with Gasteiger partial charge in [0.25, 0.3) is 0 Å². The van der Waals surface area contributed by atoms with E-state index in [9.17, 15) is 9.90 Å². The number of aliphatic hydroxyl groups is 1. The fraction of sp³-hybridized carbons (Fsp3) is 0.615. The van der Waals surface area contributed by atoms with Gasteiger partial charge in [0.15, 0.2) is 5.82 Å². The summed E-state index contributed by atoms with van der Waals surface area (Å²) in [5.74, 6) is 0.270. The van der Waals surface area contributed by atoms with E-state index in [0.717, 1.165) is 12.8 Å². The normalized spacial score (nSPS) is 18.9. The number of hydrogen-bond donors (Lipinski definition) is 2. The molecule has 2 heterocycles. The summed E-state index contributed by atoms with van der Waals surface area (Å²) in [5.41, 5.74) is 0.338. The molecule has 0 spiro atoms. The van der Waals surface area contributed by atoms with Gasteiger partial charge in [-0.1, -0.05) is 0 Å². The van der Waals surface area contributed by atoms with Crippen LogP contribution in [-0.2, 0) is 0 Å². The largest absolute Gasteiger partial charge is 0.391 e. The van der Waals surface area contributed by atoms with E-state index in [-0.39, 0.29) is 17.9 Å². The summed E-state index contributed by atoms with van der Waals surface area (Å²) in [5, 5.41) is 25.5. The van der Waals surface area contributed by atoms with Gasteiger partial charge < -0.3 is 10.0 Å². The van der Waals surface area contributed by atoms with E-state index in [1.165, 1.54) is 0 Å². The first kappa shape index (κ1) is 14.3. The van der Waals surface area contributed by atoms with Crippen LogP contribution in [0.1, 0.15) is 38.3 Å². The van der Waals surface area contributed by atoms with Crippen LogP contribution >= 0.6 is 0 Å². The van der Waals surface area contributed by atoms with Crippen molar-refractivity contribution in [1.82, 2.24) is 14.7 Å². The number of urea groups is 1. The zero-order valence-electron chi connectivity index (χ0n) is 11.7. The molecule has 108 valence electrons. The number of anilines is 1. The molecule has 0 bridgehead atoms. The lowest BCUT2D eigenvalue weighted by atomic mass is 10.1. The SMILES string of the molecule is CC(C)n1cc(C#N)c(NC(=O)N2CCCC(O)C2)n1. The number of likely N-dealkylation sites (tertiary alicyclic amines) is 1. The maximum absolute atomic E-state index is 12.1. The van der Waals surface area contributed by atoms with Crippen molar-refractivity contribution in [2.45, 2.75) is 38.8 Å². The minimum Gasteiger partial charge on any atom is -0.391 e. The van der Waals surface area contributed by atoms with Gasteiger partial charge in [-0.3, -0.25) is 10.00 Å². The average molecular weight is 277 g/mol. The zero-order valence-corrected chi connectivity index (χ0v) is 11.7. The highest BCUT2D eigenvalue weighted by Crippen LogP contribution is 2.17. The van der Waals surface area contributed by atoms with E-state index in [4.69, 9.17) is 5.26 Å². The van der Waals surface area contributed by atoms with Gasteiger partial charge in [-0.25, -0.2) is 4.79 Å². The average Bonchev–Trinajstić information content (AvgIpc) is 2.82. The summed E-state index contributed by atoms with van der Waals surface area (Å²) in [6.07, 6.45) is 2.64. The third-order valence-electron chi connectivity index (χ3n) is 3.29. The van der Waals surface area contributed by atoms with Crippen molar-refractivity contribution in [1.29, 1.82) is 5.26 Å². The van der Waals surface area contributed by atoms with Crippen LogP contribution in [0.3, 0.4) is 0 Å². The van der Waals surface area contributed by atoms with E-state index in [0.29, 0.717) is 18.7 Å². The summed E-state index contributed by atoms with van der Waals surface area (Å²) in [4.78, 5) is 13.7. The predicted molar refractivity (Wildman–Crippen MR) is 73.2 cm³/mol. The van der Waals surface area contributed by atoms with Crippen LogP contribution in [0.4, 0.5) is 10.6 Å². The second-order valence-electron chi connectivity index (χ2n) is 5.25. The number of carbonyl (C=O) groups excluding carboxylic acids is 1. The van der Waals surface area contributed by atoms with Crippen molar-refractivity contribution >= 4 is 11.8 Å². The molecule has 7 heteroatoms. The molecule has 1 unspecified atom stereocenters. The van der Waals surface area contributed by atoms with E-state index in [1.807, 2.05) is 19.9 Å². The molecule has 2 rings (SSSR count). The molecule has 1 atom stereocenters. The predicted octanol–water partition coefficient (Wildman–Crippen LogP) is 1.32. The van der Waals surface area contributed by atoms with Crippen LogP contribution in [-0.4, -0.2) is 45.0 Å². The number of hydrogen-bond acceptors (Lipinski definition) is 4.